The van der Waals surface area contributed by atoms with Crippen molar-refractivity contribution in [2.45, 2.75) is 32.7 Å². The van der Waals surface area contributed by atoms with Gasteiger partial charge in [-0.05, 0) is 27.8 Å². The average Bonchev–Trinajstić information content (AvgIpc) is 2.81. The fourth-order valence-corrected chi connectivity index (χ4v) is 3.14. The molecule has 0 aliphatic carbocycles. The number of rotatable bonds is 4. The molecule has 1 aliphatic heterocycles. The molecule has 0 aromatic carbocycles. The predicted molar refractivity (Wildman–Crippen MR) is 81.4 cm³/mol. The van der Waals surface area contributed by atoms with Crippen molar-refractivity contribution < 1.29 is 9.53 Å². The third-order valence-electron chi connectivity index (χ3n) is 3.76. The van der Waals surface area contributed by atoms with Gasteiger partial charge in [0.15, 0.2) is 5.13 Å². The highest BCUT2D eigenvalue weighted by molar-refractivity contribution is 7.13. The van der Waals surface area contributed by atoms with Gasteiger partial charge in [-0.15, -0.1) is 11.3 Å². The summed E-state index contributed by atoms with van der Waals surface area (Å²) >= 11 is 1.61. The number of aromatic nitrogens is 1. The van der Waals surface area contributed by atoms with Crippen molar-refractivity contribution in [1.82, 2.24) is 9.88 Å². The Kier molecular flexibility index (Phi) is 4.65. The van der Waals surface area contributed by atoms with Crippen LogP contribution in [0.3, 0.4) is 0 Å². The largest absolute Gasteiger partial charge is 0.466 e. The summed E-state index contributed by atoms with van der Waals surface area (Å²) in [5.74, 6) is -0.206. The number of esters is 1. The van der Waals surface area contributed by atoms with E-state index in [2.05, 4.69) is 35.7 Å². The third kappa shape index (κ3) is 3.49. The molecule has 6 heteroatoms. The molecule has 0 spiro atoms. The van der Waals surface area contributed by atoms with Gasteiger partial charge in [0.2, 0.25) is 0 Å². The molecule has 0 radical (unpaired) electrons. The molecule has 1 aromatic rings. The van der Waals surface area contributed by atoms with Crippen molar-refractivity contribution in [2.75, 3.05) is 38.2 Å². The molecular weight excluding hydrogens is 274 g/mol. The standard InChI is InChI=1S/C14H23N3O2S/c1-5-19-12(18)8-11-9-20-13(15-11)17-7-6-16(4)14(2,3)10-17/h9H,5-8,10H2,1-4H3. The number of nitrogens with zero attached hydrogens (tertiary/aromatic N) is 3. The van der Waals surface area contributed by atoms with Gasteiger partial charge in [0, 0.05) is 30.6 Å². The second kappa shape index (κ2) is 6.10. The number of hydrogen-bond acceptors (Lipinski definition) is 6. The van der Waals surface area contributed by atoms with E-state index in [0.717, 1.165) is 30.5 Å². The zero-order chi connectivity index (χ0) is 14.8. The summed E-state index contributed by atoms with van der Waals surface area (Å²) in [4.78, 5) is 20.7. The lowest BCUT2D eigenvalue weighted by Gasteiger charge is -2.45. The van der Waals surface area contributed by atoms with E-state index >= 15 is 0 Å². The van der Waals surface area contributed by atoms with Gasteiger partial charge in [-0.3, -0.25) is 9.69 Å². The molecule has 1 fully saturated rings. The summed E-state index contributed by atoms with van der Waals surface area (Å²) in [7, 11) is 2.16. The highest BCUT2D eigenvalue weighted by atomic mass is 32.1. The lowest BCUT2D eigenvalue weighted by atomic mass is 10.0. The number of thiazole rings is 1. The normalized spacial score (nSPS) is 19.1. The van der Waals surface area contributed by atoms with Crippen molar-refractivity contribution in [1.29, 1.82) is 0 Å². The van der Waals surface area contributed by atoms with Gasteiger partial charge in [-0.2, -0.15) is 0 Å². The molecule has 0 unspecified atom stereocenters. The zero-order valence-corrected chi connectivity index (χ0v) is 13.5. The Bertz CT molecular complexity index is 473. The van der Waals surface area contributed by atoms with E-state index in [1.165, 1.54) is 0 Å². The summed E-state index contributed by atoms with van der Waals surface area (Å²) in [5, 5.41) is 2.96. The van der Waals surface area contributed by atoms with Crippen LogP contribution in [0, 0.1) is 0 Å². The van der Waals surface area contributed by atoms with Crippen molar-refractivity contribution >= 4 is 22.4 Å². The van der Waals surface area contributed by atoms with Crippen LogP contribution in [0.15, 0.2) is 5.38 Å². The lowest BCUT2D eigenvalue weighted by Crippen LogP contribution is -2.57. The number of carbonyl (C=O) groups excluding carboxylic acids is 1. The molecule has 1 aliphatic rings. The summed E-state index contributed by atoms with van der Waals surface area (Å²) < 4.78 is 4.95. The molecule has 0 amide bonds. The Morgan fingerprint density at radius 2 is 2.25 bits per heavy atom. The zero-order valence-electron chi connectivity index (χ0n) is 12.7. The first-order valence-electron chi connectivity index (χ1n) is 6.98. The molecule has 112 valence electrons. The second-order valence-electron chi connectivity index (χ2n) is 5.76. The topological polar surface area (TPSA) is 45.7 Å². The maximum Gasteiger partial charge on any atom is 0.311 e. The average molecular weight is 297 g/mol. The Morgan fingerprint density at radius 3 is 2.90 bits per heavy atom. The van der Waals surface area contributed by atoms with Crippen LogP contribution >= 0.6 is 11.3 Å². The van der Waals surface area contributed by atoms with Crippen LogP contribution in [-0.4, -0.2) is 54.7 Å². The van der Waals surface area contributed by atoms with Crippen molar-refractivity contribution in [2.24, 2.45) is 0 Å². The lowest BCUT2D eigenvalue weighted by molar-refractivity contribution is -0.142. The minimum atomic E-state index is -0.206. The fraction of sp³-hybridized carbons (Fsp3) is 0.714. The van der Waals surface area contributed by atoms with E-state index in [-0.39, 0.29) is 17.9 Å². The number of anilines is 1. The highest BCUT2D eigenvalue weighted by Gasteiger charge is 2.32. The van der Waals surface area contributed by atoms with Crippen molar-refractivity contribution in [3.63, 3.8) is 0 Å². The van der Waals surface area contributed by atoms with Crippen LogP contribution in [0.4, 0.5) is 5.13 Å². The van der Waals surface area contributed by atoms with Crippen molar-refractivity contribution in [3.8, 4) is 0 Å². The first-order chi connectivity index (χ1) is 9.42. The second-order valence-corrected chi connectivity index (χ2v) is 6.60. The Labute approximate surface area is 124 Å². The number of piperazine rings is 1. The first-order valence-corrected chi connectivity index (χ1v) is 7.86. The molecule has 0 N–H and O–H groups in total. The summed E-state index contributed by atoms with van der Waals surface area (Å²) in [6.45, 7) is 9.68. The highest BCUT2D eigenvalue weighted by Crippen LogP contribution is 2.27. The van der Waals surface area contributed by atoms with Crippen LogP contribution in [0.25, 0.3) is 0 Å². The predicted octanol–water partition coefficient (Wildman–Crippen LogP) is 1.78. The van der Waals surface area contributed by atoms with Gasteiger partial charge >= 0.3 is 5.97 Å². The summed E-state index contributed by atoms with van der Waals surface area (Å²) in [6, 6.07) is 0. The molecule has 20 heavy (non-hydrogen) atoms. The molecule has 5 nitrogen and oxygen atoms in total. The monoisotopic (exact) mass is 297 g/mol. The van der Waals surface area contributed by atoms with Gasteiger partial charge in [-0.1, -0.05) is 0 Å². The van der Waals surface area contributed by atoms with E-state index in [4.69, 9.17) is 4.74 Å². The third-order valence-corrected chi connectivity index (χ3v) is 4.71. The smallest absolute Gasteiger partial charge is 0.311 e. The number of hydrogen-bond donors (Lipinski definition) is 0. The van der Waals surface area contributed by atoms with Crippen LogP contribution in [0.2, 0.25) is 0 Å². The van der Waals surface area contributed by atoms with Crippen LogP contribution < -0.4 is 4.90 Å². The van der Waals surface area contributed by atoms with Crippen molar-refractivity contribution in [3.05, 3.63) is 11.1 Å². The maximum absolute atomic E-state index is 11.5. The van der Waals surface area contributed by atoms with E-state index < -0.39 is 0 Å². The summed E-state index contributed by atoms with van der Waals surface area (Å²) in [5.41, 5.74) is 0.950. The Hall–Kier alpha value is -1.14. The molecule has 1 aromatic heterocycles. The van der Waals surface area contributed by atoms with E-state index in [1.807, 2.05) is 12.3 Å². The Balaban J connectivity index is 2.00. The molecule has 0 atom stereocenters. The molecule has 0 saturated carbocycles. The molecule has 1 saturated heterocycles. The minimum Gasteiger partial charge on any atom is -0.466 e. The van der Waals surface area contributed by atoms with Crippen LogP contribution in [0.1, 0.15) is 26.5 Å². The minimum absolute atomic E-state index is 0.144. The van der Waals surface area contributed by atoms with Crippen LogP contribution in [0.5, 0.6) is 0 Å². The van der Waals surface area contributed by atoms with E-state index in [9.17, 15) is 4.79 Å². The molecular formula is C14H23N3O2S. The fourth-order valence-electron chi connectivity index (χ4n) is 2.29. The molecule has 0 bridgehead atoms. The number of ether oxygens (including phenoxy) is 1. The van der Waals surface area contributed by atoms with E-state index in [0.29, 0.717) is 6.61 Å². The van der Waals surface area contributed by atoms with Gasteiger partial charge in [-0.25, -0.2) is 4.98 Å². The van der Waals surface area contributed by atoms with E-state index in [1.54, 1.807) is 11.3 Å². The number of likely N-dealkylation sites (N-methyl/N-ethyl adjacent to an activating group) is 1. The SMILES string of the molecule is CCOC(=O)Cc1csc(N2CCN(C)C(C)(C)C2)n1. The Morgan fingerprint density at radius 1 is 1.50 bits per heavy atom. The summed E-state index contributed by atoms with van der Waals surface area (Å²) in [6.07, 6.45) is 0.265. The quantitative estimate of drug-likeness (QED) is 0.793. The van der Waals surface area contributed by atoms with Gasteiger partial charge < -0.3 is 9.64 Å². The first kappa shape index (κ1) is 15.3. The number of carbonyl (C=O) groups is 1. The van der Waals surface area contributed by atoms with Gasteiger partial charge in [0.1, 0.15) is 0 Å². The van der Waals surface area contributed by atoms with Gasteiger partial charge in [0.25, 0.3) is 0 Å². The molecule has 2 rings (SSSR count). The maximum atomic E-state index is 11.5. The van der Waals surface area contributed by atoms with Crippen LogP contribution in [-0.2, 0) is 16.0 Å². The molecule has 2 heterocycles. The van der Waals surface area contributed by atoms with Gasteiger partial charge in [0.05, 0.1) is 18.7 Å².